The van der Waals surface area contributed by atoms with E-state index in [0.717, 1.165) is 0 Å². The first-order valence-corrected chi connectivity index (χ1v) is 8.35. The molecule has 0 radical (unpaired) electrons. The fourth-order valence-corrected chi connectivity index (χ4v) is 5.14. The molecule has 5 heteroatoms. The molecule has 2 fully saturated rings. The maximum Gasteiger partial charge on any atom is 0.323 e. The molecule has 1 unspecified atom stereocenters. The molecule has 0 aromatic heterocycles. The minimum atomic E-state index is -1.62. The van der Waals surface area contributed by atoms with Crippen molar-refractivity contribution in [3.05, 3.63) is 0 Å². The van der Waals surface area contributed by atoms with Gasteiger partial charge in [0.2, 0.25) is 0 Å². The van der Waals surface area contributed by atoms with Gasteiger partial charge in [-0.1, -0.05) is 33.9 Å². The number of carboxylic acids is 1. The summed E-state index contributed by atoms with van der Waals surface area (Å²) in [5.41, 5.74) is 0. The normalized spacial score (nSPS) is 39.3. The number of carbonyl (C=O) groups is 1. The first-order valence-electron chi connectivity index (χ1n) is 5.35. The molecule has 15 heavy (non-hydrogen) atoms. The van der Waals surface area contributed by atoms with E-state index in [1.807, 2.05) is 0 Å². The average Bonchev–Trinajstić information content (AvgIpc) is 2.54. The maximum atomic E-state index is 10.8. The van der Waals surface area contributed by atoms with Crippen molar-refractivity contribution in [1.29, 1.82) is 0 Å². The van der Waals surface area contributed by atoms with Crippen LogP contribution in [0.25, 0.3) is 0 Å². The molecule has 2 saturated heterocycles. The van der Waals surface area contributed by atoms with Crippen LogP contribution in [-0.2, 0) is 9.63 Å². The third-order valence-electron chi connectivity index (χ3n) is 4.46. The minimum Gasteiger partial charge on any atom is -0.480 e. The second-order valence-electron chi connectivity index (χ2n) is 6.13. The van der Waals surface area contributed by atoms with Gasteiger partial charge >= 0.3 is 5.97 Å². The van der Waals surface area contributed by atoms with Gasteiger partial charge in [0.05, 0.1) is 0 Å². The van der Waals surface area contributed by atoms with Crippen LogP contribution in [0, 0.1) is 0 Å². The molecule has 0 saturated carbocycles. The summed E-state index contributed by atoms with van der Waals surface area (Å²) in [4.78, 5) is 16.4. The maximum absolute atomic E-state index is 10.8. The van der Waals surface area contributed by atoms with E-state index in [1.54, 1.807) is 5.06 Å². The third kappa shape index (κ3) is 1.17. The smallest absolute Gasteiger partial charge is 0.323 e. The first kappa shape index (κ1) is 11.1. The Labute approximate surface area is 91.2 Å². The summed E-state index contributed by atoms with van der Waals surface area (Å²) >= 11 is 0. The zero-order chi connectivity index (χ0) is 11.6. The molecule has 0 aromatic rings. The average molecular weight is 229 g/mol. The number of aliphatic carboxylic acids is 1. The van der Waals surface area contributed by atoms with E-state index in [9.17, 15) is 4.79 Å². The monoisotopic (exact) mass is 229 g/mol. The second kappa shape index (κ2) is 2.64. The topological polar surface area (TPSA) is 52.8 Å². The largest absolute Gasteiger partial charge is 0.480 e. The van der Waals surface area contributed by atoms with E-state index in [1.165, 1.54) is 0 Å². The molecular formula is C10H19NO3Si. The van der Waals surface area contributed by atoms with Gasteiger partial charge in [-0.3, -0.25) is 9.63 Å². The van der Waals surface area contributed by atoms with Crippen LogP contribution in [0.2, 0.25) is 18.1 Å². The summed E-state index contributed by atoms with van der Waals surface area (Å²) in [6.07, 6.45) is 0.666. The molecule has 3 atom stereocenters. The van der Waals surface area contributed by atoms with Gasteiger partial charge < -0.3 is 5.11 Å². The number of carboxylic acid groups (broad SMARTS) is 1. The SMILES string of the molecule is CC(C)(C)[Si](C)(C)[C@]12C[C@H](C(=O)O)N1O2. The summed E-state index contributed by atoms with van der Waals surface area (Å²) in [6.45, 7) is 11.2. The third-order valence-corrected chi connectivity index (χ3v) is 10.7. The number of rotatable bonds is 2. The Morgan fingerprint density at radius 1 is 1.53 bits per heavy atom. The molecule has 1 N–H and O–H groups in total. The Morgan fingerprint density at radius 2 is 2.07 bits per heavy atom. The first-order chi connectivity index (χ1) is 6.63. The fourth-order valence-electron chi connectivity index (χ4n) is 2.24. The number of hydroxylamine groups is 2. The van der Waals surface area contributed by atoms with Crippen LogP contribution < -0.4 is 0 Å². The lowest BCUT2D eigenvalue weighted by atomic mass is 10.1. The molecule has 0 amide bonds. The molecule has 2 heterocycles. The summed E-state index contributed by atoms with van der Waals surface area (Å²) < 4.78 is 0. The van der Waals surface area contributed by atoms with E-state index >= 15 is 0 Å². The van der Waals surface area contributed by atoms with E-state index < -0.39 is 20.1 Å². The summed E-state index contributed by atoms with van der Waals surface area (Å²) in [5, 5.41) is 10.6. The molecular weight excluding hydrogens is 210 g/mol. The zero-order valence-electron chi connectivity index (χ0n) is 10.00. The standard InChI is InChI=1S/C10H19NO3Si/c1-9(2,3)15(4,5)10-6-7(8(12)13)11(10)14-10/h7H,6H2,1-5H3,(H,12,13)/t7-,10-,11?/m1/s1. The molecule has 0 spiro atoms. The van der Waals surface area contributed by atoms with Crippen LogP contribution >= 0.6 is 0 Å². The van der Waals surface area contributed by atoms with Crippen LogP contribution in [0.15, 0.2) is 0 Å². The quantitative estimate of drug-likeness (QED) is 0.580. The van der Waals surface area contributed by atoms with Crippen LogP contribution in [0.5, 0.6) is 0 Å². The van der Waals surface area contributed by atoms with Gasteiger partial charge in [-0.25, -0.2) is 0 Å². The van der Waals surface area contributed by atoms with Gasteiger partial charge in [0, 0.05) is 6.42 Å². The Bertz CT molecular complexity index is 323. The van der Waals surface area contributed by atoms with Crippen LogP contribution in [0.4, 0.5) is 0 Å². The van der Waals surface area contributed by atoms with Gasteiger partial charge in [-0.05, 0) is 5.04 Å². The molecule has 2 rings (SSSR count). The van der Waals surface area contributed by atoms with E-state index in [2.05, 4.69) is 33.9 Å². The van der Waals surface area contributed by atoms with Crippen molar-refractivity contribution < 1.29 is 14.7 Å². The van der Waals surface area contributed by atoms with Crippen molar-refractivity contribution in [1.82, 2.24) is 5.06 Å². The fraction of sp³-hybridized carbons (Fsp3) is 0.900. The molecule has 0 bridgehead atoms. The highest BCUT2D eigenvalue weighted by molar-refractivity contribution is 6.83. The van der Waals surface area contributed by atoms with Crippen LogP contribution in [0.3, 0.4) is 0 Å². The molecule has 4 nitrogen and oxygen atoms in total. The predicted octanol–water partition coefficient (Wildman–Crippen LogP) is 1.83. The van der Waals surface area contributed by atoms with Crippen molar-refractivity contribution in [3.63, 3.8) is 0 Å². The van der Waals surface area contributed by atoms with E-state index in [-0.39, 0.29) is 10.4 Å². The van der Waals surface area contributed by atoms with Crippen molar-refractivity contribution in [3.8, 4) is 0 Å². The highest BCUT2D eigenvalue weighted by Gasteiger charge is 2.79. The van der Waals surface area contributed by atoms with Crippen molar-refractivity contribution in [2.45, 2.75) is 56.7 Å². The van der Waals surface area contributed by atoms with Gasteiger partial charge in [0.1, 0.15) is 14.1 Å². The summed E-state index contributed by atoms with van der Waals surface area (Å²) in [6, 6.07) is -0.404. The van der Waals surface area contributed by atoms with Gasteiger partial charge in [0.25, 0.3) is 0 Å². The Kier molecular flexibility index (Phi) is 1.96. The number of fused-ring (bicyclic) bond motifs is 1. The second-order valence-corrected chi connectivity index (χ2v) is 11.7. The van der Waals surface area contributed by atoms with Crippen molar-refractivity contribution >= 4 is 14.0 Å². The van der Waals surface area contributed by atoms with Crippen LogP contribution in [-0.4, -0.2) is 35.6 Å². The lowest BCUT2D eigenvalue weighted by Gasteiger charge is -2.45. The Hall–Kier alpha value is -0.393. The highest BCUT2D eigenvalue weighted by atomic mass is 28.3. The predicted molar refractivity (Wildman–Crippen MR) is 58.9 cm³/mol. The Morgan fingerprint density at radius 3 is 2.40 bits per heavy atom. The van der Waals surface area contributed by atoms with Gasteiger partial charge in [0.15, 0.2) is 5.35 Å². The highest BCUT2D eigenvalue weighted by Crippen LogP contribution is 2.62. The van der Waals surface area contributed by atoms with Gasteiger partial charge in [-0.2, -0.15) is 0 Å². The van der Waals surface area contributed by atoms with E-state index in [4.69, 9.17) is 9.94 Å². The van der Waals surface area contributed by atoms with Crippen LogP contribution in [0.1, 0.15) is 27.2 Å². The lowest BCUT2D eigenvalue weighted by molar-refractivity contribution is -0.145. The molecule has 0 aliphatic carbocycles. The van der Waals surface area contributed by atoms with Crippen molar-refractivity contribution in [2.24, 2.45) is 0 Å². The number of hydrogen-bond donors (Lipinski definition) is 1. The molecule has 86 valence electrons. The van der Waals surface area contributed by atoms with Gasteiger partial charge in [-0.15, -0.1) is 5.06 Å². The minimum absolute atomic E-state index is 0.186. The summed E-state index contributed by atoms with van der Waals surface area (Å²) in [5.74, 6) is -0.762. The zero-order valence-corrected chi connectivity index (χ0v) is 11.0. The molecule has 0 aromatic carbocycles. The van der Waals surface area contributed by atoms with Crippen molar-refractivity contribution in [2.75, 3.05) is 0 Å². The lowest BCUT2D eigenvalue weighted by Crippen LogP contribution is -2.63. The molecule has 2 aliphatic heterocycles. The molecule has 2 aliphatic rings. The summed E-state index contributed by atoms with van der Waals surface area (Å²) in [7, 11) is -1.62. The number of hydrogen-bond acceptors (Lipinski definition) is 3. The Balaban J connectivity index is 2.15. The number of nitrogens with zero attached hydrogens (tertiary/aromatic N) is 1. The van der Waals surface area contributed by atoms with E-state index in [0.29, 0.717) is 6.42 Å².